The molecule has 67 heavy (non-hydrogen) atoms. The lowest BCUT2D eigenvalue weighted by molar-refractivity contribution is -0.143. The molecule has 1 aliphatic carbocycles. The number of nitrogens with one attached hydrogen (secondary N) is 3. The van der Waals surface area contributed by atoms with Crippen LogP contribution < -0.4 is 10.6 Å². The van der Waals surface area contributed by atoms with Gasteiger partial charge < -0.3 is 30.2 Å². The smallest absolute Gasteiger partial charge is 0.254 e. The fourth-order valence-corrected chi connectivity index (χ4v) is 9.62. The number of carbonyl (C=O) groups is 4. The first kappa shape index (κ1) is 48.4. The van der Waals surface area contributed by atoms with Crippen LogP contribution in [0.2, 0.25) is 10.0 Å². The van der Waals surface area contributed by atoms with E-state index in [2.05, 4.69) is 63.3 Å². The molecule has 8 rings (SSSR count). The Labute approximate surface area is 417 Å². The van der Waals surface area contributed by atoms with Crippen LogP contribution in [0.15, 0.2) is 106 Å². The van der Waals surface area contributed by atoms with E-state index in [0.717, 1.165) is 47.7 Å². The van der Waals surface area contributed by atoms with Crippen LogP contribution in [0.5, 0.6) is 0 Å². The highest BCUT2D eigenvalue weighted by molar-refractivity contribution is 9.10. The zero-order valence-electron chi connectivity index (χ0n) is 36.8. The molecular formula is C51H51Br2Cl2N7O5. The Morgan fingerprint density at radius 1 is 0.627 bits per heavy atom. The molecular weight excluding hydrogens is 1020 g/mol. The SMILES string of the molecule is O=C(NCCN1CCN(C(=O)COCC(=O)N2CCN(CCNC(=O)c3c(/C=C/c4ccc(Cl)cc4)[nH]c4cc(Br)ccc34)CC2)CC1)C1=C(/C=C/c2ccc(Cl)cc2)Cc2cc(Br)ccc21. The molecule has 0 atom stereocenters. The van der Waals surface area contributed by atoms with Crippen molar-refractivity contribution < 1.29 is 23.9 Å². The van der Waals surface area contributed by atoms with Gasteiger partial charge >= 0.3 is 0 Å². The van der Waals surface area contributed by atoms with Gasteiger partial charge in [0, 0.05) is 108 Å². The average Bonchev–Trinajstić information content (AvgIpc) is 3.88. The molecule has 1 aromatic heterocycles. The van der Waals surface area contributed by atoms with E-state index in [9.17, 15) is 19.2 Å². The van der Waals surface area contributed by atoms with Gasteiger partial charge in [-0.05, 0) is 88.9 Å². The van der Waals surface area contributed by atoms with E-state index in [1.807, 2.05) is 103 Å². The Balaban J connectivity index is 0.720. The number of rotatable bonds is 16. The van der Waals surface area contributed by atoms with Gasteiger partial charge in [0.05, 0.1) is 16.8 Å². The molecule has 3 N–H and O–H groups in total. The Bertz CT molecular complexity index is 2710. The van der Waals surface area contributed by atoms with E-state index >= 15 is 0 Å². The van der Waals surface area contributed by atoms with Crippen LogP contribution in [0.4, 0.5) is 0 Å². The molecule has 0 saturated carbocycles. The molecule has 16 heteroatoms. The van der Waals surface area contributed by atoms with Gasteiger partial charge in [0.25, 0.3) is 11.8 Å². The summed E-state index contributed by atoms with van der Waals surface area (Å²) >= 11 is 19.2. The Kier molecular flexibility index (Phi) is 16.5. The second-order valence-corrected chi connectivity index (χ2v) is 19.4. The predicted octanol–water partition coefficient (Wildman–Crippen LogP) is 8.04. The number of nitrogens with zero attached hydrogens (tertiary/aromatic N) is 4. The second kappa shape index (κ2) is 22.8. The van der Waals surface area contributed by atoms with E-state index in [0.29, 0.717) is 112 Å². The molecule has 348 valence electrons. The van der Waals surface area contributed by atoms with Gasteiger partial charge in [-0.25, -0.2) is 0 Å². The molecule has 3 aliphatic rings. The number of piperazine rings is 2. The third-order valence-corrected chi connectivity index (χ3v) is 13.8. The summed E-state index contributed by atoms with van der Waals surface area (Å²) in [5.41, 5.74) is 7.80. The molecule has 2 aliphatic heterocycles. The van der Waals surface area contributed by atoms with E-state index < -0.39 is 0 Å². The minimum Gasteiger partial charge on any atom is -0.362 e. The molecule has 12 nitrogen and oxygen atoms in total. The van der Waals surface area contributed by atoms with E-state index in [4.69, 9.17) is 27.9 Å². The van der Waals surface area contributed by atoms with Crippen molar-refractivity contribution >= 4 is 113 Å². The topological polar surface area (TPSA) is 130 Å². The molecule has 2 fully saturated rings. The van der Waals surface area contributed by atoms with Crippen LogP contribution >= 0.6 is 55.1 Å². The van der Waals surface area contributed by atoms with Crippen LogP contribution in [0.1, 0.15) is 38.3 Å². The highest BCUT2D eigenvalue weighted by Gasteiger charge is 2.27. The Morgan fingerprint density at radius 3 is 1.73 bits per heavy atom. The van der Waals surface area contributed by atoms with Gasteiger partial charge in [-0.3, -0.25) is 29.0 Å². The van der Waals surface area contributed by atoms with Crippen LogP contribution in [0.25, 0.3) is 34.7 Å². The summed E-state index contributed by atoms with van der Waals surface area (Å²) in [6.45, 7) is 6.75. The average molecular weight is 1070 g/mol. The van der Waals surface area contributed by atoms with Crippen LogP contribution in [0.3, 0.4) is 0 Å². The monoisotopic (exact) mass is 1070 g/mol. The largest absolute Gasteiger partial charge is 0.362 e. The molecule has 2 saturated heterocycles. The second-order valence-electron chi connectivity index (χ2n) is 16.7. The summed E-state index contributed by atoms with van der Waals surface area (Å²) in [5.74, 6) is -0.561. The minimum absolute atomic E-state index is 0.106. The summed E-state index contributed by atoms with van der Waals surface area (Å²) < 4.78 is 7.51. The number of fused-ring (bicyclic) bond motifs is 2. The van der Waals surface area contributed by atoms with Crippen molar-refractivity contribution in [2.45, 2.75) is 6.42 Å². The first-order chi connectivity index (χ1) is 32.5. The lowest BCUT2D eigenvalue weighted by Gasteiger charge is -2.35. The molecule has 4 amide bonds. The van der Waals surface area contributed by atoms with Gasteiger partial charge in [-0.1, -0.05) is 110 Å². The van der Waals surface area contributed by atoms with Crippen molar-refractivity contribution in [1.82, 2.24) is 35.2 Å². The number of amides is 4. The lowest BCUT2D eigenvalue weighted by atomic mass is 10.0. The van der Waals surface area contributed by atoms with Crippen molar-refractivity contribution in [2.24, 2.45) is 0 Å². The number of halogens is 4. The molecule has 4 aromatic carbocycles. The van der Waals surface area contributed by atoms with E-state index in [-0.39, 0.29) is 36.8 Å². The first-order valence-electron chi connectivity index (χ1n) is 22.3. The number of aromatic amines is 1. The zero-order chi connectivity index (χ0) is 46.9. The third kappa shape index (κ3) is 12.7. The summed E-state index contributed by atoms with van der Waals surface area (Å²) in [5, 5.41) is 8.40. The van der Waals surface area contributed by atoms with Crippen molar-refractivity contribution in [1.29, 1.82) is 0 Å². The fraction of sp³-hybridized carbons (Fsp3) is 0.294. The molecule has 0 unspecified atom stereocenters. The quantitative estimate of drug-likeness (QED) is 0.0913. The number of benzene rings is 4. The van der Waals surface area contributed by atoms with Crippen LogP contribution in [-0.4, -0.2) is 140 Å². The number of hydrogen-bond acceptors (Lipinski definition) is 7. The summed E-state index contributed by atoms with van der Waals surface area (Å²) in [6.07, 6.45) is 8.53. The van der Waals surface area contributed by atoms with E-state index in [1.165, 1.54) is 0 Å². The number of carbonyl (C=O) groups excluding carboxylic acids is 4. The normalized spacial score (nSPS) is 15.8. The maximum Gasteiger partial charge on any atom is 0.254 e. The summed E-state index contributed by atoms with van der Waals surface area (Å²) in [7, 11) is 0. The van der Waals surface area contributed by atoms with Gasteiger partial charge in [-0.2, -0.15) is 0 Å². The third-order valence-electron chi connectivity index (χ3n) is 12.3. The number of hydrogen-bond donors (Lipinski definition) is 3. The van der Waals surface area contributed by atoms with Crippen LogP contribution in [-0.2, 0) is 25.5 Å². The number of aromatic nitrogens is 1. The van der Waals surface area contributed by atoms with Crippen molar-refractivity contribution in [3.8, 4) is 0 Å². The Morgan fingerprint density at radius 2 is 1.15 bits per heavy atom. The zero-order valence-corrected chi connectivity index (χ0v) is 41.5. The van der Waals surface area contributed by atoms with Gasteiger partial charge in [0.1, 0.15) is 13.2 Å². The molecule has 0 spiro atoms. The maximum absolute atomic E-state index is 13.6. The molecule has 0 bridgehead atoms. The first-order valence-corrected chi connectivity index (χ1v) is 24.7. The van der Waals surface area contributed by atoms with Crippen molar-refractivity contribution in [3.05, 3.63) is 149 Å². The highest BCUT2D eigenvalue weighted by atomic mass is 79.9. The van der Waals surface area contributed by atoms with Crippen LogP contribution in [0, 0.1) is 0 Å². The Hall–Kier alpha value is -5.06. The summed E-state index contributed by atoms with van der Waals surface area (Å²) in [4.78, 5) is 64.6. The summed E-state index contributed by atoms with van der Waals surface area (Å²) in [6, 6.07) is 26.9. The minimum atomic E-state index is -0.166. The molecule has 5 aromatic rings. The number of H-pyrrole nitrogens is 1. The lowest BCUT2D eigenvalue weighted by Crippen LogP contribution is -2.52. The van der Waals surface area contributed by atoms with E-state index in [1.54, 1.807) is 9.80 Å². The van der Waals surface area contributed by atoms with Gasteiger partial charge in [0.15, 0.2) is 0 Å². The molecule has 0 radical (unpaired) electrons. The maximum atomic E-state index is 13.6. The van der Waals surface area contributed by atoms with Gasteiger partial charge in [0.2, 0.25) is 11.8 Å². The standard InChI is InChI=1S/C51H51Br2Cl2N7O5/c52-38-8-14-42-37(30-38)29-36(7-1-34-2-10-40(54)11-3-34)48(42)50(65)56-17-19-59-21-25-61(26-22-59)46(63)32-67-33-47(64)62-27-23-60(24-28-62)20-18-57-51(66)49-43-15-9-39(53)31-45(43)58-44(49)16-6-35-4-12-41(55)13-5-35/h1-16,30-31,58H,17-29,32-33H2,(H,56,65)(H,57,66)/b7-1+,16-6+. The predicted molar refractivity (Wildman–Crippen MR) is 274 cm³/mol. The highest BCUT2D eigenvalue weighted by Crippen LogP contribution is 2.36. The molecule has 3 heterocycles. The number of allylic oxidation sites excluding steroid dienone is 2. The number of ether oxygens (including phenoxy) is 1. The van der Waals surface area contributed by atoms with Crippen molar-refractivity contribution in [3.63, 3.8) is 0 Å². The fourth-order valence-electron chi connectivity index (χ4n) is 8.60. The van der Waals surface area contributed by atoms with Crippen molar-refractivity contribution in [2.75, 3.05) is 91.8 Å². The van der Waals surface area contributed by atoms with Gasteiger partial charge in [-0.15, -0.1) is 0 Å².